The molecule has 82 valence electrons. The minimum atomic E-state index is -0.514. The van der Waals surface area contributed by atoms with E-state index >= 15 is 0 Å². The van der Waals surface area contributed by atoms with Crippen LogP contribution in [0.3, 0.4) is 0 Å². The molecular formula is C12H9BrFNO. The van der Waals surface area contributed by atoms with Crippen LogP contribution in [-0.4, -0.2) is 12.1 Å². The van der Waals surface area contributed by atoms with Gasteiger partial charge in [0.1, 0.15) is 5.75 Å². The summed E-state index contributed by atoms with van der Waals surface area (Å²) in [7, 11) is 1.59. The highest BCUT2D eigenvalue weighted by Gasteiger charge is 2.05. The van der Waals surface area contributed by atoms with Crippen LogP contribution in [0.15, 0.2) is 40.9 Å². The highest BCUT2D eigenvalue weighted by atomic mass is 79.9. The quantitative estimate of drug-likeness (QED) is 0.784. The zero-order valence-electron chi connectivity index (χ0n) is 8.58. The number of methoxy groups -OCH3 is 1. The lowest BCUT2D eigenvalue weighted by atomic mass is 10.1. The predicted octanol–water partition coefficient (Wildman–Crippen LogP) is 3.66. The number of aromatic nitrogens is 1. The second-order valence-electron chi connectivity index (χ2n) is 3.20. The normalized spacial score (nSPS) is 10.2. The molecule has 0 amide bonds. The number of rotatable bonds is 2. The first-order valence-corrected chi connectivity index (χ1v) is 5.46. The summed E-state index contributed by atoms with van der Waals surface area (Å²) in [6.45, 7) is 0. The molecule has 2 rings (SSSR count). The average Bonchev–Trinajstić information content (AvgIpc) is 2.33. The molecule has 0 aliphatic heterocycles. The van der Waals surface area contributed by atoms with E-state index in [-0.39, 0.29) is 0 Å². The van der Waals surface area contributed by atoms with Crippen LogP contribution in [0.4, 0.5) is 4.39 Å². The highest BCUT2D eigenvalue weighted by Crippen LogP contribution is 2.24. The fourth-order valence-electron chi connectivity index (χ4n) is 1.36. The summed E-state index contributed by atoms with van der Waals surface area (Å²) in [5, 5.41) is 0. The molecule has 16 heavy (non-hydrogen) atoms. The third-order valence-electron chi connectivity index (χ3n) is 2.17. The van der Waals surface area contributed by atoms with Crippen molar-refractivity contribution >= 4 is 15.9 Å². The molecule has 0 unspecified atom stereocenters. The molecule has 2 nitrogen and oxygen atoms in total. The van der Waals surface area contributed by atoms with E-state index in [1.54, 1.807) is 19.2 Å². The lowest BCUT2D eigenvalue weighted by molar-refractivity contribution is 0.415. The molecule has 4 heteroatoms. The van der Waals surface area contributed by atoms with Gasteiger partial charge in [-0.05, 0) is 40.2 Å². The van der Waals surface area contributed by atoms with Gasteiger partial charge in [0, 0.05) is 5.56 Å². The van der Waals surface area contributed by atoms with Crippen LogP contribution in [0.1, 0.15) is 0 Å². The van der Waals surface area contributed by atoms with Crippen molar-refractivity contribution in [3.8, 4) is 17.0 Å². The molecule has 1 aromatic carbocycles. The van der Waals surface area contributed by atoms with E-state index in [1.165, 1.54) is 0 Å². The van der Waals surface area contributed by atoms with Crippen LogP contribution in [-0.2, 0) is 0 Å². The van der Waals surface area contributed by atoms with Gasteiger partial charge in [0.05, 0.1) is 17.3 Å². The van der Waals surface area contributed by atoms with Crippen LogP contribution < -0.4 is 4.74 Å². The molecule has 1 aromatic heterocycles. The second-order valence-corrected chi connectivity index (χ2v) is 4.06. The van der Waals surface area contributed by atoms with Crippen molar-refractivity contribution < 1.29 is 9.13 Å². The summed E-state index contributed by atoms with van der Waals surface area (Å²) >= 11 is 3.07. The van der Waals surface area contributed by atoms with Crippen LogP contribution in [0.5, 0.6) is 5.75 Å². The van der Waals surface area contributed by atoms with E-state index in [1.807, 2.05) is 24.3 Å². The summed E-state index contributed by atoms with van der Waals surface area (Å²) in [5.41, 5.74) is 1.41. The third kappa shape index (κ3) is 2.22. The molecule has 2 aromatic rings. The summed E-state index contributed by atoms with van der Waals surface area (Å²) in [6.07, 6.45) is 0. The molecule has 0 saturated carbocycles. The van der Waals surface area contributed by atoms with Crippen molar-refractivity contribution in [2.75, 3.05) is 7.11 Å². The molecule has 1 heterocycles. The van der Waals surface area contributed by atoms with E-state index in [4.69, 9.17) is 4.74 Å². The summed E-state index contributed by atoms with van der Waals surface area (Å²) < 4.78 is 18.7. The zero-order valence-corrected chi connectivity index (χ0v) is 10.2. The Bertz CT molecular complexity index is 516. The number of hydrogen-bond acceptors (Lipinski definition) is 2. The Hall–Kier alpha value is -1.42. The average molecular weight is 282 g/mol. The first-order chi connectivity index (χ1) is 7.70. The van der Waals surface area contributed by atoms with Crippen LogP contribution in [0.25, 0.3) is 11.3 Å². The second kappa shape index (κ2) is 4.61. The minimum absolute atomic E-state index is 0.360. The minimum Gasteiger partial charge on any atom is -0.497 e. The Morgan fingerprint density at radius 2 is 2.06 bits per heavy atom. The Labute approximate surface area is 101 Å². The van der Waals surface area contributed by atoms with Crippen molar-refractivity contribution in [1.29, 1.82) is 0 Å². The molecule has 0 spiro atoms. The van der Waals surface area contributed by atoms with Gasteiger partial charge in [0.2, 0.25) is 5.95 Å². The van der Waals surface area contributed by atoms with Gasteiger partial charge in [-0.15, -0.1) is 0 Å². The molecule has 0 bridgehead atoms. The molecule has 0 fully saturated rings. The number of halogens is 2. The van der Waals surface area contributed by atoms with Gasteiger partial charge >= 0.3 is 0 Å². The topological polar surface area (TPSA) is 22.1 Å². The first-order valence-electron chi connectivity index (χ1n) is 4.67. The number of hydrogen-bond donors (Lipinski definition) is 0. The van der Waals surface area contributed by atoms with E-state index in [0.29, 0.717) is 10.2 Å². The molecular weight excluding hydrogens is 273 g/mol. The monoisotopic (exact) mass is 281 g/mol. The summed E-state index contributed by atoms with van der Waals surface area (Å²) in [6, 6.07) is 10.7. The van der Waals surface area contributed by atoms with Crippen LogP contribution >= 0.6 is 15.9 Å². The van der Waals surface area contributed by atoms with Gasteiger partial charge in [-0.2, -0.15) is 4.39 Å². The Balaban J connectivity index is 2.46. The lowest BCUT2D eigenvalue weighted by Gasteiger charge is -2.04. The maximum absolute atomic E-state index is 13.3. The first kappa shape index (κ1) is 11.1. The van der Waals surface area contributed by atoms with Crippen LogP contribution in [0.2, 0.25) is 0 Å². The molecule has 0 atom stereocenters. The lowest BCUT2D eigenvalue weighted by Crippen LogP contribution is -1.90. The zero-order chi connectivity index (χ0) is 11.5. The number of pyridine rings is 1. The largest absolute Gasteiger partial charge is 0.497 e. The van der Waals surface area contributed by atoms with E-state index in [9.17, 15) is 4.39 Å². The highest BCUT2D eigenvalue weighted by molar-refractivity contribution is 9.10. The standard InChI is InChI=1S/C12H9BrFNO/c1-16-9-4-2-3-8(7-9)11-6-5-10(13)12(14)15-11/h2-7H,1H3. The van der Waals surface area contributed by atoms with Crippen LogP contribution in [0, 0.1) is 5.95 Å². The molecule has 0 N–H and O–H groups in total. The Morgan fingerprint density at radius 1 is 1.25 bits per heavy atom. The molecule has 0 saturated heterocycles. The maximum Gasteiger partial charge on any atom is 0.227 e. The smallest absolute Gasteiger partial charge is 0.227 e. The summed E-state index contributed by atoms with van der Waals surface area (Å²) in [4.78, 5) is 3.85. The number of ether oxygens (including phenoxy) is 1. The van der Waals surface area contributed by atoms with Gasteiger partial charge in [0.15, 0.2) is 0 Å². The number of nitrogens with zero attached hydrogens (tertiary/aromatic N) is 1. The van der Waals surface area contributed by atoms with Gasteiger partial charge < -0.3 is 4.74 Å². The fraction of sp³-hybridized carbons (Fsp3) is 0.0833. The third-order valence-corrected chi connectivity index (χ3v) is 2.76. The van der Waals surface area contributed by atoms with Crippen molar-refractivity contribution in [3.63, 3.8) is 0 Å². The van der Waals surface area contributed by atoms with E-state index in [0.717, 1.165) is 11.3 Å². The van der Waals surface area contributed by atoms with Gasteiger partial charge in [-0.3, -0.25) is 0 Å². The van der Waals surface area contributed by atoms with E-state index in [2.05, 4.69) is 20.9 Å². The van der Waals surface area contributed by atoms with Crippen molar-refractivity contribution in [3.05, 3.63) is 46.8 Å². The molecule has 0 aliphatic carbocycles. The predicted molar refractivity (Wildman–Crippen MR) is 63.9 cm³/mol. The molecule has 0 radical (unpaired) electrons. The van der Waals surface area contributed by atoms with Gasteiger partial charge in [-0.25, -0.2) is 4.98 Å². The summed E-state index contributed by atoms with van der Waals surface area (Å²) in [5.74, 6) is 0.211. The maximum atomic E-state index is 13.3. The van der Waals surface area contributed by atoms with Crippen molar-refractivity contribution in [2.45, 2.75) is 0 Å². The Morgan fingerprint density at radius 3 is 2.75 bits per heavy atom. The van der Waals surface area contributed by atoms with Crippen molar-refractivity contribution in [2.24, 2.45) is 0 Å². The number of benzene rings is 1. The Kier molecular flexibility index (Phi) is 3.19. The fourth-order valence-corrected chi connectivity index (χ4v) is 1.58. The molecule has 0 aliphatic rings. The van der Waals surface area contributed by atoms with E-state index < -0.39 is 5.95 Å². The van der Waals surface area contributed by atoms with Gasteiger partial charge in [-0.1, -0.05) is 12.1 Å². The SMILES string of the molecule is COc1cccc(-c2ccc(Br)c(F)n2)c1. The van der Waals surface area contributed by atoms with Crippen molar-refractivity contribution in [1.82, 2.24) is 4.98 Å². The van der Waals surface area contributed by atoms with Gasteiger partial charge in [0.25, 0.3) is 0 Å².